The molecule has 2 aliphatic heterocycles. The van der Waals surface area contributed by atoms with Crippen LogP contribution in [0.3, 0.4) is 0 Å². The molecular formula is C35H30O10. The molecule has 3 unspecified atom stereocenters. The van der Waals surface area contributed by atoms with Crippen LogP contribution in [0.5, 0.6) is 5.75 Å². The number of fused-ring (bicyclic) bond motifs is 1. The molecule has 2 fully saturated rings. The summed E-state index contributed by atoms with van der Waals surface area (Å²) < 4.78 is 41.6. The molecule has 10 heteroatoms. The van der Waals surface area contributed by atoms with Crippen LogP contribution in [-0.4, -0.2) is 62.3 Å². The molecule has 45 heavy (non-hydrogen) atoms. The van der Waals surface area contributed by atoms with E-state index in [2.05, 4.69) is 0 Å². The van der Waals surface area contributed by atoms with Crippen LogP contribution in [0, 0.1) is 0 Å². The van der Waals surface area contributed by atoms with E-state index in [1.165, 1.54) is 0 Å². The van der Waals surface area contributed by atoms with E-state index in [-0.39, 0.29) is 23.3 Å². The third kappa shape index (κ3) is 6.88. The second-order valence-corrected chi connectivity index (χ2v) is 10.3. The molecule has 2 saturated heterocycles. The van der Waals surface area contributed by atoms with Crippen LogP contribution in [0.25, 0.3) is 0 Å². The van der Waals surface area contributed by atoms with Gasteiger partial charge >= 0.3 is 17.9 Å². The molecule has 6 rings (SSSR count). The monoisotopic (exact) mass is 610 g/mol. The normalized spacial score (nSPS) is 24.0. The Morgan fingerprint density at radius 1 is 0.600 bits per heavy atom. The smallest absolute Gasteiger partial charge is 0.340 e. The maximum atomic E-state index is 13.4. The average Bonchev–Trinajstić information content (AvgIpc) is 3.10. The lowest BCUT2D eigenvalue weighted by atomic mass is 9.96. The first-order valence-corrected chi connectivity index (χ1v) is 14.3. The van der Waals surface area contributed by atoms with Gasteiger partial charge in [0.2, 0.25) is 12.4 Å². The first-order chi connectivity index (χ1) is 22.0. The number of carbonyl (C=O) groups excluding carboxylic acids is 3. The quantitative estimate of drug-likeness (QED) is 0.196. The molecule has 0 aliphatic carbocycles. The van der Waals surface area contributed by atoms with Crippen LogP contribution in [0.4, 0.5) is 0 Å². The SMILES string of the molecule is COc1ccc(C2OCC3O[C@@H](OC(=O)c4ccccc4)C(OC(=O)c4ccccc4)[C@H](OC(=O)c4ccccc4)[C@H]3O2)cc1. The topological polar surface area (TPSA) is 116 Å². The van der Waals surface area contributed by atoms with Crippen molar-refractivity contribution in [3.05, 3.63) is 138 Å². The van der Waals surface area contributed by atoms with Gasteiger partial charge in [-0.2, -0.15) is 0 Å². The van der Waals surface area contributed by atoms with E-state index in [0.717, 1.165) is 0 Å². The molecule has 6 atom stereocenters. The summed E-state index contributed by atoms with van der Waals surface area (Å²) in [5, 5.41) is 0. The first-order valence-electron chi connectivity index (χ1n) is 14.3. The molecule has 0 saturated carbocycles. The number of benzene rings is 4. The molecular weight excluding hydrogens is 580 g/mol. The van der Waals surface area contributed by atoms with Gasteiger partial charge < -0.3 is 33.2 Å². The second kappa shape index (κ2) is 13.7. The van der Waals surface area contributed by atoms with Crippen molar-refractivity contribution in [1.82, 2.24) is 0 Å². The highest BCUT2D eigenvalue weighted by Gasteiger charge is 2.55. The van der Waals surface area contributed by atoms with E-state index >= 15 is 0 Å². The zero-order chi connectivity index (χ0) is 31.2. The lowest BCUT2D eigenvalue weighted by molar-refractivity contribution is -0.351. The minimum Gasteiger partial charge on any atom is -0.497 e. The van der Waals surface area contributed by atoms with Crippen molar-refractivity contribution in [2.75, 3.05) is 13.7 Å². The minimum atomic E-state index is -1.47. The van der Waals surface area contributed by atoms with Crippen LogP contribution in [0.15, 0.2) is 115 Å². The lowest BCUT2D eigenvalue weighted by Gasteiger charge is -2.47. The molecule has 0 spiro atoms. The van der Waals surface area contributed by atoms with Gasteiger partial charge in [-0.3, -0.25) is 0 Å². The van der Waals surface area contributed by atoms with Crippen molar-refractivity contribution in [3.8, 4) is 5.75 Å². The Morgan fingerprint density at radius 2 is 1.09 bits per heavy atom. The third-order valence-corrected chi connectivity index (χ3v) is 7.41. The van der Waals surface area contributed by atoms with Crippen molar-refractivity contribution < 1.29 is 47.5 Å². The Bertz CT molecular complexity index is 1590. The van der Waals surface area contributed by atoms with Crippen molar-refractivity contribution in [2.45, 2.75) is 37.0 Å². The van der Waals surface area contributed by atoms with Gasteiger partial charge in [-0.25, -0.2) is 14.4 Å². The van der Waals surface area contributed by atoms with Gasteiger partial charge in [-0.1, -0.05) is 66.7 Å². The summed E-state index contributed by atoms with van der Waals surface area (Å²) in [5.74, 6) is -1.49. The summed E-state index contributed by atoms with van der Waals surface area (Å²) in [5.41, 5.74) is 1.44. The Labute approximate surface area is 259 Å². The molecule has 0 bridgehead atoms. The van der Waals surface area contributed by atoms with Crippen molar-refractivity contribution in [3.63, 3.8) is 0 Å². The maximum absolute atomic E-state index is 13.4. The molecule has 10 nitrogen and oxygen atoms in total. The van der Waals surface area contributed by atoms with E-state index in [1.54, 1.807) is 122 Å². The summed E-state index contributed by atoms with van der Waals surface area (Å²) >= 11 is 0. The summed E-state index contributed by atoms with van der Waals surface area (Å²) in [6.07, 6.45) is -6.83. The number of carbonyl (C=O) groups is 3. The van der Waals surface area contributed by atoms with E-state index in [9.17, 15) is 14.4 Å². The molecule has 0 aromatic heterocycles. The molecule has 0 radical (unpaired) electrons. The fraction of sp³-hybridized carbons (Fsp3) is 0.229. The summed E-state index contributed by atoms with van der Waals surface area (Å²) in [4.78, 5) is 40.0. The standard InChI is InChI=1S/C35H30O10/c1-39-26-19-17-25(18-20-26)34-40-21-27-28(44-34)29(42-31(36)22-11-5-2-6-12-22)30(43-32(37)23-13-7-3-8-14-23)35(41-27)45-33(38)24-15-9-4-10-16-24/h2-20,27-30,34-35H,21H2,1H3/t27?,28-,29+,30?,34?,35-/m0/s1. The van der Waals surface area contributed by atoms with Crippen molar-refractivity contribution in [1.29, 1.82) is 0 Å². The number of rotatable bonds is 8. The van der Waals surface area contributed by atoms with Gasteiger partial charge in [-0.15, -0.1) is 0 Å². The van der Waals surface area contributed by atoms with Gasteiger partial charge in [0.15, 0.2) is 12.4 Å². The van der Waals surface area contributed by atoms with Crippen LogP contribution in [0.1, 0.15) is 42.9 Å². The Kier molecular flexibility index (Phi) is 9.16. The van der Waals surface area contributed by atoms with Crippen LogP contribution < -0.4 is 4.74 Å². The van der Waals surface area contributed by atoms with E-state index in [1.807, 2.05) is 0 Å². The Hall–Kier alpha value is -5.03. The highest BCUT2D eigenvalue weighted by molar-refractivity contribution is 5.91. The van der Waals surface area contributed by atoms with E-state index in [0.29, 0.717) is 11.3 Å². The summed E-state index contributed by atoms with van der Waals surface area (Å²) in [6.45, 7) is -0.000507. The minimum absolute atomic E-state index is 0.000507. The molecule has 0 amide bonds. The Balaban J connectivity index is 1.35. The zero-order valence-corrected chi connectivity index (χ0v) is 24.2. The summed E-state index contributed by atoms with van der Waals surface area (Å²) in [7, 11) is 1.57. The maximum Gasteiger partial charge on any atom is 0.340 e. The lowest BCUT2D eigenvalue weighted by Crippen LogP contribution is -2.64. The predicted octanol–water partition coefficient (Wildman–Crippen LogP) is 5.14. The molecule has 230 valence electrons. The van der Waals surface area contributed by atoms with Crippen molar-refractivity contribution >= 4 is 17.9 Å². The molecule has 4 aromatic carbocycles. The van der Waals surface area contributed by atoms with Crippen molar-refractivity contribution in [2.24, 2.45) is 0 Å². The largest absolute Gasteiger partial charge is 0.497 e. The van der Waals surface area contributed by atoms with Gasteiger partial charge in [-0.05, 0) is 48.5 Å². The third-order valence-electron chi connectivity index (χ3n) is 7.41. The number of methoxy groups -OCH3 is 1. The fourth-order valence-corrected chi connectivity index (χ4v) is 5.11. The van der Waals surface area contributed by atoms with E-state index < -0.39 is 54.9 Å². The van der Waals surface area contributed by atoms with E-state index in [4.69, 9.17) is 33.2 Å². The molecule has 2 heterocycles. The molecule has 0 N–H and O–H groups in total. The van der Waals surface area contributed by atoms with Crippen LogP contribution in [0.2, 0.25) is 0 Å². The number of hydrogen-bond acceptors (Lipinski definition) is 10. The number of hydrogen-bond donors (Lipinski definition) is 0. The summed E-state index contributed by atoms with van der Waals surface area (Å²) in [6, 6.07) is 32.1. The van der Waals surface area contributed by atoms with Gasteiger partial charge in [0.1, 0.15) is 18.0 Å². The Morgan fingerprint density at radius 3 is 1.60 bits per heavy atom. The van der Waals surface area contributed by atoms with Gasteiger partial charge in [0.05, 0.1) is 30.4 Å². The molecule has 4 aromatic rings. The number of ether oxygens (including phenoxy) is 7. The molecule has 2 aliphatic rings. The van der Waals surface area contributed by atoms with Gasteiger partial charge in [0.25, 0.3) is 0 Å². The highest BCUT2D eigenvalue weighted by Crippen LogP contribution is 2.38. The number of esters is 3. The second-order valence-electron chi connectivity index (χ2n) is 10.3. The zero-order valence-electron chi connectivity index (χ0n) is 24.2. The average molecular weight is 611 g/mol. The van der Waals surface area contributed by atoms with Gasteiger partial charge in [0, 0.05) is 5.56 Å². The highest BCUT2D eigenvalue weighted by atomic mass is 16.8. The fourth-order valence-electron chi connectivity index (χ4n) is 5.11. The predicted molar refractivity (Wildman–Crippen MR) is 158 cm³/mol. The van der Waals surface area contributed by atoms with Crippen LogP contribution in [-0.2, 0) is 28.4 Å². The first kappa shape index (κ1) is 30.0. The van der Waals surface area contributed by atoms with Crippen LogP contribution >= 0.6 is 0 Å².